The Kier molecular flexibility index (Phi) is 7.95. The van der Waals surface area contributed by atoms with Crippen LogP contribution in [0.2, 0.25) is 0 Å². The van der Waals surface area contributed by atoms with E-state index >= 15 is 0 Å². The molecule has 174 valence electrons. The SMILES string of the molecule is CCOc1ccc(N(CC(=O)N[C@H](C)c2ccc(OC)cc2)S(=O)(=O)c2ccccc2)cc1. The molecule has 0 aliphatic rings. The van der Waals surface area contributed by atoms with Crippen LogP contribution in [0, 0.1) is 0 Å². The summed E-state index contributed by atoms with van der Waals surface area (Å²) in [4.78, 5) is 13.0. The van der Waals surface area contributed by atoms with Crippen molar-refractivity contribution in [3.05, 3.63) is 84.4 Å². The van der Waals surface area contributed by atoms with E-state index in [1.807, 2.05) is 38.1 Å². The van der Waals surface area contributed by atoms with Gasteiger partial charge in [-0.25, -0.2) is 8.42 Å². The lowest BCUT2D eigenvalue weighted by Gasteiger charge is -2.25. The molecule has 0 radical (unpaired) electrons. The Hall–Kier alpha value is -3.52. The van der Waals surface area contributed by atoms with Gasteiger partial charge in [0, 0.05) is 0 Å². The molecule has 3 rings (SSSR count). The van der Waals surface area contributed by atoms with E-state index in [-0.39, 0.29) is 17.5 Å². The molecular formula is C25H28N2O5S. The van der Waals surface area contributed by atoms with Crippen molar-refractivity contribution in [3.8, 4) is 11.5 Å². The average Bonchev–Trinajstić information content (AvgIpc) is 2.84. The Labute approximate surface area is 195 Å². The van der Waals surface area contributed by atoms with Crippen LogP contribution in [0.25, 0.3) is 0 Å². The van der Waals surface area contributed by atoms with Gasteiger partial charge in [0.25, 0.3) is 10.0 Å². The lowest BCUT2D eigenvalue weighted by molar-refractivity contribution is -0.120. The number of carbonyl (C=O) groups is 1. The minimum Gasteiger partial charge on any atom is -0.497 e. The topological polar surface area (TPSA) is 84.9 Å². The van der Waals surface area contributed by atoms with Crippen molar-refractivity contribution in [1.29, 1.82) is 0 Å². The van der Waals surface area contributed by atoms with E-state index in [1.54, 1.807) is 49.6 Å². The molecule has 1 atom stereocenters. The first-order valence-electron chi connectivity index (χ1n) is 10.6. The van der Waals surface area contributed by atoms with Crippen LogP contribution >= 0.6 is 0 Å². The fourth-order valence-corrected chi connectivity index (χ4v) is 4.75. The summed E-state index contributed by atoms with van der Waals surface area (Å²) in [6.45, 7) is 3.84. The summed E-state index contributed by atoms with van der Waals surface area (Å²) < 4.78 is 38.5. The zero-order valence-corrected chi connectivity index (χ0v) is 19.7. The van der Waals surface area contributed by atoms with Gasteiger partial charge in [0.1, 0.15) is 18.0 Å². The van der Waals surface area contributed by atoms with Gasteiger partial charge in [-0.05, 0) is 67.9 Å². The molecule has 1 N–H and O–H groups in total. The Morgan fingerprint density at radius 2 is 1.55 bits per heavy atom. The maximum absolute atomic E-state index is 13.4. The van der Waals surface area contributed by atoms with Gasteiger partial charge in [0.05, 0.1) is 30.3 Å². The number of amides is 1. The number of nitrogens with zero attached hydrogens (tertiary/aromatic N) is 1. The highest BCUT2D eigenvalue weighted by molar-refractivity contribution is 7.92. The fourth-order valence-electron chi connectivity index (χ4n) is 3.30. The molecule has 0 aliphatic carbocycles. The predicted molar refractivity (Wildman–Crippen MR) is 128 cm³/mol. The number of hydrogen-bond acceptors (Lipinski definition) is 5. The molecule has 0 saturated carbocycles. The van der Waals surface area contributed by atoms with Gasteiger partial charge in [0.2, 0.25) is 5.91 Å². The average molecular weight is 469 g/mol. The van der Waals surface area contributed by atoms with Crippen LogP contribution < -0.4 is 19.1 Å². The molecule has 8 heteroatoms. The molecule has 0 aromatic heterocycles. The van der Waals surface area contributed by atoms with Crippen LogP contribution in [0.1, 0.15) is 25.5 Å². The molecule has 7 nitrogen and oxygen atoms in total. The highest BCUT2D eigenvalue weighted by Gasteiger charge is 2.27. The summed E-state index contributed by atoms with van der Waals surface area (Å²) in [5.74, 6) is 0.913. The summed E-state index contributed by atoms with van der Waals surface area (Å²) >= 11 is 0. The van der Waals surface area contributed by atoms with Gasteiger partial charge in [-0.1, -0.05) is 30.3 Å². The van der Waals surface area contributed by atoms with Gasteiger partial charge >= 0.3 is 0 Å². The Morgan fingerprint density at radius 3 is 2.12 bits per heavy atom. The second kappa shape index (κ2) is 10.9. The van der Waals surface area contributed by atoms with Crippen LogP contribution in [-0.2, 0) is 14.8 Å². The second-order valence-corrected chi connectivity index (χ2v) is 9.18. The van der Waals surface area contributed by atoms with Gasteiger partial charge in [-0.15, -0.1) is 0 Å². The molecule has 0 bridgehead atoms. The minimum absolute atomic E-state index is 0.106. The molecular weight excluding hydrogens is 440 g/mol. The molecule has 3 aromatic rings. The number of hydrogen-bond donors (Lipinski definition) is 1. The summed E-state index contributed by atoms with van der Waals surface area (Å²) in [5.41, 5.74) is 1.25. The fraction of sp³-hybridized carbons (Fsp3) is 0.240. The van der Waals surface area contributed by atoms with Crippen molar-refractivity contribution in [3.63, 3.8) is 0 Å². The van der Waals surface area contributed by atoms with Gasteiger partial charge < -0.3 is 14.8 Å². The van der Waals surface area contributed by atoms with Crippen molar-refractivity contribution >= 4 is 21.6 Å². The monoisotopic (exact) mass is 468 g/mol. The molecule has 0 fully saturated rings. The highest BCUT2D eigenvalue weighted by Crippen LogP contribution is 2.26. The zero-order valence-electron chi connectivity index (χ0n) is 18.9. The molecule has 1 amide bonds. The quantitative estimate of drug-likeness (QED) is 0.483. The summed E-state index contributed by atoms with van der Waals surface area (Å²) in [6.07, 6.45) is 0. The van der Waals surface area contributed by atoms with Gasteiger partial charge in [-0.3, -0.25) is 9.10 Å². The minimum atomic E-state index is -3.97. The normalized spacial score (nSPS) is 12.0. The number of anilines is 1. The largest absolute Gasteiger partial charge is 0.497 e. The van der Waals surface area contributed by atoms with E-state index in [1.165, 1.54) is 12.1 Å². The standard InChI is InChI=1S/C25H28N2O5S/c1-4-32-23-16-12-21(13-17-23)27(33(29,30)24-8-6-5-7-9-24)18-25(28)26-19(2)20-10-14-22(31-3)15-11-20/h5-17,19H,4,18H2,1-3H3,(H,26,28)/t19-/m1/s1. The number of carbonyl (C=O) groups excluding carboxylic acids is 1. The maximum atomic E-state index is 13.4. The Morgan fingerprint density at radius 1 is 0.939 bits per heavy atom. The van der Waals surface area contributed by atoms with E-state index in [4.69, 9.17) is 9.47 Å². The molecule has 0 unspecified atom stereocenters. The highest BCUT2D eigenvalue weighted by atomic mass is 32.2. The lowest BCUT2D eigenvalue weighted by Crippen LogP contribution is -2.41. The smallest absolute Gasteiger partial charge is 0.264 e. The second-order valence-electron chi connectivity index (χ2n) is 7.31. The van der Waals surface area contributed by atoms with Crippen LogP contribution in [0.3, 0.4) is 0 Å². The number of benzene rings is 3. The van der Waals surface area contributed by atoms with E-state index in [0.29, 0.717) is 23.8 Å². The molecule has 33 heavy (non-hydrogen) atoms. The third-order valence-electron chi connectivity index (χ3n) is 5.05. The zero-order chi connectivity index (χ0) is 23.8. The summed E-state index contributed by atoms with van der Waals surface area (Å²) in [6, 6.07) is 21.7. The van der Waals surface area contributed by atoms with Crippen molar-refractivity contribution in [1.82, 2.24) is 5.32 Å². The predicted octanol–water partition coefficient (Wildman–Crippen LogP) is 4.17. The number of rotatable bonds is 10. The third kappa shape index (κ3) is 6.04. The van der Waals surface area contributed by atoms with E-state index < -0.39 is 15.9 Å². The van der Waals surface area contributed by atoms with Gasteiger partial charge in [0.15, 0.2) is 0 Å². The molecule has 0 heterocycles. The van der Waals surface area contributed by atoms with Crippen molar-refractivity contribution in [2.24, 2.45) is 0 Å². The maximum Gasteiger partial charge on any atom is 0.264 e. The van der Waals surface area contributed by atoms with Crippen molar-refractivity contribution < 1.29 is 22.7 Å². The number of nitrogens with one attached hydrogen (secondary N) is 1. The van der Waals surface area contributed by atoms with Crippen LogP contribution in [0.15, 0.2) is 83.8 Å². The molecule has 0 saturated heterocycles. The first-order chi connectivity index (χ1) is 15.8. The summed E-state index contributed by atoms with van der Waals surface area (Å²) in [7, 11) is -2.38. The van der Waals surface area contributed by atoms with Gasteiger partial charge in [-0.2, -0.15) is 0 Å². The van der Waals surface area contributed by atoms with E-state index in [0.717, 1.165) is 9.87 Å². The number of sulfonamides is 1. The summed E-state index contributed by atoms with van der Waals surface area (Å²) in [5, 5.41) is 2.88. The van der Waals surface area contributed by atoms with Crippen molar-refractivity contribution in [2.75, 3.05) is 24.6 Å². The van der Waals surface area contributed by atoms with Crippen LogP contribution in [0.4, 0.5) is 5.69 Å². The third-order valence-corrected chi connectivity index (χ3v) is 6.84. The molecule has 0 spiro atoms. The molecule has 3 aromatic carbocycles. The van der Waals surface area contributed by atoms with Crippen LogP contribution in [-0.4, -0.2) is 34.6 Å². The lowest BCUT2D eigenvalue weighted by atomic mass is 10.1. The first-order valence-corrected chi connectivity index (χ1v) is 12.0. The number of ether oxygens (including phenoxy) is 2. The Bertz CT molecular complexity index is 1150. The Balaban J connectivity index is 1.84. The van der Waals surface area contributed by atoms with Crippen molar-refractivity contribution in [2.45, 2.75) is 24.8 Å². The molecule has 0 aliphatic heterocycles. The first kappa shape index (κ1) is 24.1. The number of methoxy groups -OCH3 is 1. The van der Waals surface area contributed by atoms with E-state index in [2.05, 4.69) is 5.32 Å². The van der Waals surface area contributed by atoms with Crippen LogP contribution in [0.5, 0.6) is 11.5 Å². The van der Waals surface area contributed by atoms with E-state index in [9.17, 15) is 13.2 Å².